The number of amides is 2. The maximum absolute atomic E-state index is 12.3. The van der Waals surface area contributed by atoms with Gasteiger partial charge in [-0.3, -0.25) is 0 Å². The Balaban J connectivity index is 1.49. The van der Waals surface area contributed by atoms with E-state index in [0.29, 0.717) is 12.6 Å². The third-order valence-electron chi connectivity index (χ3n) is 4.98. The molecule has 0 aliphatic carbocycles. The van der Waals surface area contributed by atoms with Gasteiger partial charge in [0, 0.05) is 37.3 Å². The highest BCUT2D eigenvalue weighted by atomic mass is 16.5. The molecule has 1 fully saturated rings. The summed E-state index contributed by atoms with van der Waals surface area (Å²) in [6.07, 6.45) is 2.00. The topological polar surface area (TPSA) is 53.6 Å². The minimum Gasteiger partial charge on any atom is -0.457 e. The Labute approximate surface area is 161 Å². The summed E-state index contributed by atoms with van der Waals surface area (Å²) in [7, 11) is 0. The first kappa shape index (κ1) is 19.2. The molecule has 0 atom stereocenters. The third kappa shape index (κ3) is 5.73. The number of hydrogen-bond acceptors (Lipinski definition) is 3. The van der Waals surface area contributed by atoms with Crippen LogP contribution in [0.15, 0.2) is 54.6 Å². The minimum atomic E-state index is -0.118. The van der Waals surface area contributed by atoms with Crippen molar-refractivity contribution in [3.63, 3.8) is 0 Å². The molecule has 1 heterocycles. The molecule has 0 spiro atoms. The lowest BCUT2D eigenvalue weighted by atomic mass is 10.0. The van der Waals surface area contributed by atoms with Gasteiger partial charge >= 0.3 is 6.03 Å². The Hall–Kier alpha value is -2.53. The lowest BCUT2D eigenvalue weighted by molar-refractivity contribution is 0.161. The number of urea groups is 1. The van der Waals surface area contributed by atoms with E-state index >= 15 is 0 Å². The molecule has 1 aliphatic rings. The van der Waals surface area contributed by atoms with Crippen LogP contribution in [-0.4, -0.2) is 36.1 Å². The largest absolute Gasteiger partial charge is 0.457 e. The number of carbonyl (C=O) groups excluding carboxylic acids is 1. The van der Waals surface area contributed by atoms with Crippen LogP contribution in [0.3, 0.4) is 0 Å². The highest BCUT2D eigenvalue weighted by Crippen LogP contribution is 2.24. The van der Waals surface area contributed by atoms with Crippen LogP contribution < -0.4 is 15.4 Å². The van der Waals surface area contributed by atoms with E-state index in [1.165, 1.54) is 0 Å². The molecule has 1 saturated heterocycles. The molecule has 2 amide bonds. The minimum absolute atomic E-state index is 0.118. The molecule has 5 nitrogen and oxygen atoms in total. The standard InChI is InChI=1S/C22H29N3O2/c1-17(2)25-14-12-19(13-15-25)24-22(26)23-16-18-8-6-7-11-21(18)27-20-9-4-3-5-10-20/h3-11,17,19H,12-16H2,1-2H3,(H2,23,24,26). The number of ether oxygens (including phenoxy) is 1. The van der Waals surface area contributed by atoms with E-state index in [1.807, 2.05) is 54.6 Å². The first-order chi connectivity index (χ1) is 13.1. The fraction of sp³-hybridized carbons (Fsp3) is 0.409. The molecule has 0 aromatic heterocycles. The number of nitrogens with one attached hydrogen (secondary N) is 2. The third-order valence-corrected chi connectivity index (χ3v) is 4.98. The number of hydrogen-bond donors (Lipinski definition) is 2. The summed E-state index contributed by atoms with van der Waals surface area (Å²) in [5.74, 6) is 1.54. The molecule has 0 saturated carbocycles. The molecule has 2 N–H and O–H groups in total. The Morgan fingerprint density at radius 1 is 1.07 bits per heavy atom. The fourth-order valence-electron chi connectivity index (χ4n) is 3.34. The van der Waals surface area contributed by atoms with E-state index in [0.717, 1.165) is 43.0 Å². The fourth-order valence-corrected chi connectivity index (χ4v) is 3.34. The average Bonchev–Trinajstić information content (AvgIpc) is 2.68. The Kier molecular flexibility index (Phi) is 6.71. The van der Waals surface area contributed by atoms with Gasteiger partial charge in [-0.25, -0.2) is 4.79 Å². The van der Waals surface area contributed by atoms with E-state index < -0.39 is 0 Å². The van der Waals surface area contributed by atoms with Gasteiger partial charge in [-0.2, -0.15) is 0 Å². The average molecular weight is 367 g/mol. The van der Waals surface area contributed by atoms with E-state index in [-0.39, 0.29) is 12.1 Å². The molecule has 27 heavy (non-hydrogen) atoms. The molecule has 144 valence electrons. The Bertz CT molecular complexity index is 725. The zero-order valence-electron chi connectivity index (χ0n) is 16.2. The summed E-state index contributed by atoms with van der Waals surface area (Å²) < 4.78 is 5.95. The van der Waals surface area contributed by atoms with Crippen molar-refractivity contribution in [2.24, 2.45) is 0 Å². The van der Waals surface area contributed by atoms with E-state index in [4.69, 9.17) is 4.74 Å². The van der Waals surface area contributed by atoms with Gasteiger partial charge in [0.15, 0.2) is 0 Å². The molecular formula is C22H29N3O2. The van der Waals surface area contributed by atoms with Gasteiger partial charge in [-0.1, -0.05) is 36.4 Å². The highest BCUT2D eigenvalue weighted by Gasteiger charge is 2.21. The Morgan fingerprint density at radius 3 is 2.44 bits per heavy atom. The highest BCUT2D eigenvalue weighted by molar-refractivity contribution is 5.74. The summed E-state index contributed by atoms with van der Waals surface area (Å²) in [5.41, 5.74) is 0.950. The van der Waals surface area contributed by atoms with Crippen LogP contribution >= 0.6 is 0 Å². The van der Waals surface area contributed by atoms with Crippen molar-refractivity contribution in [1.29, 1.82) is 0 Å². The molecule has 1 aliphatic heterocycles. The molecule has 0 radical (unpaired) electrons. The van der Waals surface area contributed by atoms with Gasteiger partial charge < -0.3 is 20.3 Å². The molecule has 2 aromatic carbocycles. The predicted octanol–water partition coefficient (Wildman–Crippen LogP) is 4.15. The number of nitrogens with zero attached hydrogens (tertiary/aromatic N) is 1. The molecule has 0 unspecified atom stereocenters. The van der Waals surface area contributed by atoms with Crippen molar-refractivity contribution in [3.05, 3.63) is 60.2 Å². The molecular weight excluding hydrogens is 338 g/mol. The number of likely N-dealkylation sites (tertiary alicyclic amines) is 1. The van der Waals surface area contributed by atoms with E-state index in [9.17, 15) is 4.79 Å². The van der Waals surface area contributed by atoms with Gasteiger partial charge in [0.1, 0.15) is 11.5 Å². The summed E-state index contributed by atoms with van der Waals surface area (Å²) in [5, 5.41) is 6.06. The zero-order valence-corrected chi connectivity index (χ0v) is 16.2. The lowest BCUT2D eigenvalue weighted by Crippen LogP contribution is -2.49. The predicted molar refractivity (Wildman–Crippen MR) is 108 cm³/mol. The van der Waals surface area contributed by atoms with Crippen molar-refractivity contribution < 1.29 is 9.53 Å². The molecule has 0 bridgehead atoms. The smallest absolute Gasteiger partial charge is 0.315 e. The Morgan fingerprint density at radius 2 is 1.74 bits per heavy atom. The maximum Gasteiger partial charge on any atom is 0.315 e. The number of para-hydroxylation sites is 2. The van der Waals surface area contributed by atoms with Crippen LogP contribution in [-0.2, 0) is 6.54 Å². The quantitative estimate of drug-likeness (QED) is 0.806. The van der Waals surface area contributed by atoms with Gasteiger partial charge in [-0.15, -0.1) is 0 Å². The van der Waals surface area contributed by atoms with Crippen molar-refractivity contribution in [3.8, 4) is 11.5 Å². The zero-order chi connectivity index (χ0) is 19.1. The SMILES string of the molecule is CC(C)N1CCC(NC(=O)NCc2ccccc2Oc2ccccc2)CC1. The second-order valence-corrected chi connectivity index (χ2v) is 7.25. The van der Waals surface area contributed by atoms with Crippen LogP contribution in [0.2, 0.25) is 0 Å². The number of piperidine rings is 1. The first-order valence-electron chi connectivity index (χ1n) is 9.71. The number of rotatable bonds is 6. The van der Waals surface area contributed by atoms with Gasteiger partial charge in [0.25, 0.3) is 0 Å². The maximum atomic E-state index is 12.3. The van der Waals surface area contributed by atoms with Crippen LogP contribution in [0, 0.1) is 0 Å². The van der Waals surface area contributed by atoms with Crippen LogP contribution in [0.5, 0.6) is 11.5 Å². The molecule has 5 heteroatoms. The van der Waals surface area contributed by atoms with Gasteiger partial charge in [-0.05, 0) is 44.9 Å². The lowest BCUT2D eigenvalue weighted by Gasteiger charge is -2.34. The van der Waals surface area contributed by atoms with E-state index in [2.05, 4.69) is 29.4 Å². The first-order valence-corrected chi connectivity index (χ1v) is 9.71. The second-order valence-electron chi connectivity index (χ2n) is 7.25. The monoisotopic (exact) mass is 367 g/mol. The normalized spacial score (nSPS) is 15.5. The van der Waals surface area contributed by atoms with Crippen molar-refractivity contribution in [1.82, 2.24) is 15.5 Å². The van der Waals surface area contributed by atoms with Crippen molar-refractivity contribution >= 4 is 6.03 Å². The van der Waals surface area contributed by atoms with Crippen molar-refractivity contribution in [2.75, 3.05) is 13.1 Å². The molecule has 2 aromatic rings. The molecule has 3 rings (SSSR count). The second kappa shape index (κ2) is 9.42. The summed E-state index contributed by atoms with van der Waals surface area (Å²) >= 11 is 0. The van der Waals surface area contributed by atoms with Gasteiger partial charge in [0.05, 0.1) is 0 Å². The summed E-state index contributed by atoms with van der Waals surface area (Å²) in [4.78, 5) is 14.7. The van der Waals surface area contributed by atoms with Crippen LogP contribution in [0.1, 0.15) is 32.3 Å². The van der Waals surface area contributed by atoms with E-state index in [1.54, 1.807) is 0 Å². The van der Waals surface area contributed by atoms with Crippen LogP contribution in [0.4, 0.5) is 4.79 Å². The van der Waals surface area contributed by atoms with Crippen molar-refractivity contribution in [2.45, 2.75) is 45.3 Å². The summed E-state index contributed by atoms with van der Waals surface area (Å²) in [6.45, 7) is 6.94. The summed E-state index contributed by atoms with van der Waals surface area (Å²) in [6, 6.07) is 18.1. The number of carbonyl (C=O) groups is 1. The van der Waals surface area contributed by atoms with Gasteiger partial charge in [0.2, 0.25) is 0 Å². The van der Waals surface area contributed by atoms with Crippen LogP contribution in [0.25, 0.3) is 0 Å². The number of benzene rings is 2.